The maximum atomic E-state index is 14.2. The molecule has 244 valence electrons. The van der Waals surface area contributed by atoms with E-state index < -0.39 is 28.5 Å². The monoisotopic (exact) mass is 641 g/mol. The second kappa shape index (κ2) is 16.6. The number of ether oxygens (including phenoxy) is 4. The molecule has 0 fully saturated rings. The van der Waals surface area contributed by atoms with Gasteiger partial charge in [0.2, 0.25) is 11.8 Å². The Morgan fingerprint density at radius 1 is 0.844 bits per heavy atom. The Labute approximate surface area is 266 Å². The molecule has 0 aromatic heterocycles. The molecular formula is C33H43N3O8S. The van der Waals surface area contributed by atoms with Gasteiger partial charge in [-0.1, -0.05) is 25.5 Å². The molecule has 0 aliphatic carbocycles. The number of amides is 2. The predicted octanol–water partition coefficient (Wildman–Crippen LogP) is 4.64. The molecule has 0 spiro atoms. The first kappa shape index (κ1) is 35.0. The van der Waals surface area contributed by atoms with Crippen LogP contribution in [0.4, 0.5) is 5.69 Å². The van der Waals surface area contributed by atoms with Crippen LogP contribution in [0.3, 0.4) is 0 Å². The summed E-state index contributed by atoms with van der Waals surface area (Å²) in [7, 11) is 0.100. The summed E-state index contributed by atoms with van der Waals surface area (Å²) in [5.41, 5.74) is 0.985. The lowest BCUT2D eigenvalue weighted by molar-refractivity contribution is -0.139. The average molecular weight is 642 g/mol. The normalized spacial score (nSPS) is 11.7. The van der Waals surface area contributed by atoms with E-state index >= 15 is 0 Å². The van der Waals surface area contributed by atoms with Gasteiger partial charge in [0.15, 0.2) is 11.5 Å². The van der Waals surface area contributed by atoms with Gasteiger partial charge in [-0.2, -0.15) is 0 Å². The van der Waals surface area contributed by atoms with Crippen molar-refractivity contribution in [2.75, 3.05) is 45.3 Å². The van der Waals surface area contributed by atoms with E-state index in [0.717, 1.165) is 22.7 Å². The molecular weight excluding hydrogens is 598 g/mol. The maximum Gasteiger partial charge on any atom is 0.264 e. The predicted molar refractivity (Wildman–Crippen MR) is 173 cm³/mol. The van der Waals surface area contributed by atoms with Gasteiger partial charge in [0.05, 0.1) is 38.5 Å². The van der Waals surface area contributed by atoms with Gasteiger partial charge in [0, 0.05) is 19.2 Å². The summed E-state index contributed by atoms with van der Waals surface area (Å²) < 4.78 is 50.9. The highest BCUT2D eigenvalue weighted by molar-refractivity contribution is 7.92. The minimum absolute atomic E-state index is 0.0682. The van der Waals surface area contributed by atoms with Crippen LogP contribution in [0.5, 0.6) is 23.0 Å². The van der Waals surface area contributed by atoms with Gasteiger partial charge in [-0.3, -0.25) is 13.9 Å². The molecule has 45 heavy (non-hydrogen) atoms. The third kappa shape index (κ3) is 9.04. The minimum Gasteiger partial charge on any atom is -0.497 e. The summed E-state index contributed by atoms with van der Waals surface area (Å²) in [4.78, 5) is 28.6. The van der Waals surface area contributed by atoms with Crippen molar-refractivity contribution in [2.45, 2.75) is 51.1 Å². The molecule has 2 amide bonds. The van der Waals surface area contributed by atoms with Crippen molar-refractivity contribution >= 4 is 27.5 Å². The summed E-state index contributed by atoms with van der Waals surface area (Å²) in [6.07, 6.45) is 1.69. The highest BCUT2D eigenvalue weighted by atomic mass is 32.2. The van der Waals surface area contributed by atoms with Crippen molar-refractivity contribution in [1.82, 2.24) is 10.2 Å². The third-order valence-electron chi connectivity index (χ3n) is 7.17. The molecule has 11 nitrogen and oxygen atoms in total. The van der Waals surface area contributed by atoms with Crippen LogP contribution in [0.25, 0.3) is 0 Å². The second-order valence-electron chi connectivity index (χ2n) is 10.1. The summed E-state index contributed by atoms with van der Waals surface area (Å²) in [6.45, 7) is 5.89. The van der Waals surface area contributed by atoms with Crippen LogP contribution in [0.2, 0.25) is 0 Å². The lowest BCUT2D eigenvalue weighted by atomic mass is 10.1. The van der Waals surface area contributed by atoms with Crippen LogP contribution in [0, 0.1) is 0 Å². The van der Waals surface area contributed by atoms with Crippen LogP contribution >= 0.6 is 0 Å². The Morgan fingerprint density at radius 2 is 1.49 bits per heavy atom. The zero-order valence-electron chi connectivity index (χ0n) is 26.7. The van der Waals surface area contributed by atoms with E-state index in [4.69, 9.17) is 18.9 Å². The van der Waals surface area contributed by atoms with E-state index in [1.807, 2.05) is 13.8 Å². The molecule has 0 saturated heterocycles. The first-order chi connectivity index (χ1) is 21.6. The van der Waals surface area contributed by atoms with E-state index in [1.165, 1.54) is 37.3 Å². The molecule has 3 rings (SSSR count). The highest BCUT2D eigenvalue weighted by Gasteiger charge is 2.33. The van der Waals surface area contributed by atoms with Crippen molar-refractivity contribution in [3.63, 3.8) is 0 Å². The number of carbonyl (C=O) groups is 2. The van der Waals surface area contributed by atoms with Gasteiger partial charge in [0.1, 0.15) is 24.1 Å². The van der Waals surface area contributed by atoms with Crippen LogP contribution in [0.1, 0.15) is 39.2 Å². The lowest BCUT2D eigenvalue weighted by Crippen LogP contribution is -2.51. The number of hydrogen-bond donors (Lipinski definition) is 1. The van der Waals surface area contributed by atoms with Crippen molar-refractivity contribution in [2.24, 2.45) is 0 Å². The molecule has 0 aliphatic heterocycles. The van der Waals surface area contributed by atoms with Gasteiger partial charge < -0.3 is 29.2 Å². The fourth-order valence-corrected chi connectivity index (χ4v) is 5.98. The molecule has 0 bridgehead atoms. The molecule has 3 aromatic carbocycles. The minimum atomic E-state index is -4.32. The number of carbonyl (C=O) groups excluding carboxylic acids is 2. The molecule has 12 heteroatoms. The Bertz CT molecular complexity index is 1510. The molecule has 0 heterocycles. The molecule has 0 radical (unpaired) electrons. The Hall–Kier alpha value is -4.45. The Balaban J connectivity index is 2.05. The Morgan fingerprint density at radius 3 is 2.07 bits per heavy atom. The van der Waals surface area contributed by atoms with Crippen LogP contribution in [-0.2, 0) is 26.2 Å². The molecule has 1 atom stereocenters. The number of rotatable bonds is 17. The smallest absolute Gasteiger partial charge is 0.264 e. The molecule has 3 aromatic rings. The van der Waals surface area contributed by atoms with Gasteiger partial charge >= 0.3 is 0 Å². The lowest BCUT2D eigenvalue weighted by Gasteiger charge is -2.32. The van der Waals surface area contributed by atoms with Crippen molar-refractivity contribution in [3.05, 3.63) is 72.3 Å². The number of nitrogens with one attached hydrogen (secondary N) is 1. The van der Waals surface area contributed by atoms with E-state index in [9.17, 15) is 18.0 Å². The largest absolute Gasteiger partial charge is 0.497 e. The number of nitrogens with zero attached hydrogens (tertiary/aromatic N) is 2. The first-order valence-electron chi connectivity index (χ1n) is 14.8. The highest BCUT2D eigenvalue weighted by Crippen LogP contribution is 2.33. The van der Waals surface area contributed by atoms with Crippen molar-refractivity contribution < 1.29 is 37.0 Å². The summed E-state index contributed by atoms with van der Waals surface area (Å²) in [5.74, 6) is 0.866. The van der Waals surface area contributed by atoms with E-state index in [-0.39, 0.29) is 28.8 Å². The fraction of sp³-hybridized carbons (Fsp3) is 0.394. The van der Waals surface area contributed by atoms with Gasteiger partial charge in [-0.05, 0) is 74.4 Å². The maximum absolute atomic E-state index is 14.2. The van der Waals surface area contributed by atoms with Crippen molar-refractivity contribution in [3.8, 4) is 23.0 Å². The van der Waals surface area contributed by atoms with E-state index in [2.05, 4.69) is 5.32 Å². The Kier molecular flexibility index (Phi) is 12.9. The molecule has 1 N–H and O–H groups in total. The van der Waals surface area contributed by atoms with Gasteiger partial charge in [-0.15, -0.1) is 0 Å². The number of unbranched alkanes of at least 4 members (excludes halogenated alkanes) is 1. The van der Waals surface area contributed by atoms with Gasteiger partial charge in [0.25, 0.3) is 10.0 Å². The number of anilines is 1. The quantitative estimate of drug-likeness (QED) is 0.212. The topological polar surface area (TPSA) is 124 Å². The van der Waals surface area contributed by atoms with Crippen molar-refractivity contribution in [1.29, 1.82) is 0 Å². The number of benzene rings is 3. The zero-order chi connectivity index (χ0) is 33.0. The number of hydrogen-bond acceptors (Lipinski definition) is 8. The second-order valence-corrected chi connectivity index (χ2v) is 12.0. The zero-order valence-corrected chi connectivity index (χ0v) is 27.6. The molecule has 0 unspecified atom stereocenters. The summed E-state index contributed by atoms with van der Waals surface area (Å²) in [6, 6.07) is 16.9. The molecule has 0 saturated carbocycles. The first-order valence-corrected chi connectivity index (χ1v) is 16.2. The number of methoxy groups -OCH3 is 3. The van der Waals surface area contributed by atoms with Crippen LogP contribution in [0.15, 0.2) is 71.6 Å². The average Bonchev–Trinajstić information content (AvgIpc) is 3.06. The molecule has 0 aliphatic rings. The third-order valence-corrected chi connectivity index (χ3v) is 8.94. The number of sulfonamides is 1. The van der Waals surface area contributed by atoms with Gasteiger partial charge in [-0.25, -0.2) is 8.42 Å². The van der Waals surface area contributed by atoms with E-state index in [1.54, 1.807) is 62.6 Å². The standard InChI is InChI=1S/C33H43N3O8S/c1-7-9-20-34-33(38)24(3)35(22-25-10-14-27(41-4)15-11-25)32(37)23-36(26-12-16-28(17-13-26)44-8-2)45(39,40)29-18-19-30(42-5)31(21-29)43-6/h10-19,21,24H,7-9,20,22-23H2,1-6H3,(H,34,38)/t24-/m0/s1. The van der Waals surface area contributed by atoms with Crippen LogP contribution in [-0.4, -0.2) is 72.2 Å². The summed E-state index contributed by atoms with van der Waals surface area (Å²) in [5, 5.41) is 2.88. The van der Waals surface area contributed by atoms with Crippen LogP contribution < -0.4 is 28.6 Å². The summed E-state index contributed by atoms with van der Waals surface area (Å²) >= 11 is 0. The van der Waals surface area contributed by atoms with E-state index in [0.29, 0.717) is 30.4 Å². The fourth-order valence-electron chi connectivity index (χ4n) is 4.55. The SMILES string of the molecule is CCCCNC(=O)[C@H](C)N(Cc1ccc(OC)cc1)C(=O)CN(c1ccc(OCC)cc1)S(=O)(=O)c1ccc(OC)c(OC)c1.